The van der Waals surface area contributed by atoms with Crippen molar-refractivity contribution in [3.05, 3.63) is 194 Å². The van der Waals surface area contributed by atoms with Crippen molar-refractivity contribution in [3.63, 3.8) is 0 Å². The van der Waals surface area contributed by atoms with Crippen LogP contribution in [-0.4, -0.2) is 286 Å². The summed E-state index contributed by atoms with van der Waals surface area (Å²) in [6, 6.07) is 22.2. The Balaban J connectivity index is 0.000000277. The van der Waals surface area contributed by atoms with Crippen molar-refractivity contribution < 1.29 is 151 Å². The SMILES string of the molecule is CNc1cc(OC)c(C(=C2C(OC)=CC(=[N+](C)C)C=C2OC)c2c(OC)cc(N(C)CCCC(=O)ON3C(=O)CCC3=O)cc2OC)c(OC)c1.COC1=CC(=[N+](C)C)C=C(OC)C1=C(c1c(OC)cc(N(C)C)cc1OC)c1c(OC)cc(N(C)CCCC(=O)O)cc1OC.COC1=CC(=[O+]C)C(=C(c2c(OC)cc(OC)cc2OC)c2c(OC)cc(OC)cc2OC)C(OC)=C1.I[I-]I. The Morgan fingerprint density at radius 2 is 0.676 bits per heavy atom. The quantitative estimate of drug-likeness (QED) is 0.0119. The number of allylic oxidation sites excluding steroid dienone is 7. The number of benzene rings is 6. The molecule has 0 aromatic heterocycles. The summed E-state index contributed by atoms with van der Waals surface area (Å²) in [4.78, 5) is 58.1. The summed E-state index contributed by atoms with van der Waals surface area (Å²) in [7, 11) is 50.5. The number of rotatable bonds is 39. The molecule has 6 aromatic rings. The molecule has 1 aliphatic heterocycles. The van der Waals surface area contributed by atoms with E-state index in [1.807, 2.05) is 160 Å². The average Bonchev–Trinajstić information content (AvgIpc) is 0.885. The first kappa shape index (κ1) is 110. The van der Waals surface area contributed by atoms with Crippen LogP contribution in [0, 0.1) is 0 Å². The molecule has 3 aliphatic carbocycles. The van der Waals surface area contributed by atoms with Gasteiger partial charge in [0.05, 0.1) is 217 Å². The van der Waals surface area contributed by atoms with Gasteiger partial charge in [0, 0.05) is 192 Å². The topological polar surface area (TPSA) is 325 Å². The molecule has 10 rings (SSSR count). The zero-order valence-corrected chi connectivity index (χ0v) is 89.4. The first-order valence-corrected chi connectivity index (χ1v) is 54.7. The summed E-state index contributed by atoms with van der Waals surface area (Å²) < 4.78 is 128. The number of imide groups is 1. The van der Waals surface area contributed by atoms with Gasteiger partial charge in [-0.2, -0.15) is 0 Å². The fourth-order valence-corrected chi connectivity index (χ4v) is 15.1. The second kappa shape index (κ2) is 53.1. The average molecular weight is 2230 g/mol. The molecule has 0 unspecified atom stereocenters. The van der Waals surface area contributed by atoms with Crippen LogP contribution in [0.3, 0.4) is 0 Å². The maximum atomic E-state index is 12.4. The van der Waals surface area contributed by atoms with Crippen LogP contribution in [0.25, 0.3) is 16.7 Å². The van der Waals surface area contributed by atoms with Gasteiger partial charge in [0.25, 0.3) is 18.9 Å². The normalized spacial score (nSPS) is 13.3. The van der Waals surface area contributed by atoms with Gasteiger partial charge in [0.15, 0.2) is 0 Å². The summed E-state index contributed by atoms with van der Waals surface area (Å²) in [5.74, 6) is 8.17. The van der Waals surface area contributed by atoms with E-state index < -0.39 is 23.8 Å². The van der Waals surface area contributed by atoms with Crippen LogP contribution < -0.4 is 99.6 Å². The third-order valence-corrected chi connectivity index (χ3v) is 22.0. The Hall–Kier alpha value is -12.5. The Morgan fingerprint density at radius 1 is 0.397 bits per heavy atom. The monoisotopic (exact) mass is 2230 g/mol. The van der Waals surface area contributed by atoms with Crippen molar-refractivity contribution in [2.24, 2.45) is 0 Å². The second-order valence-corrected chi connectivity index (χ2v) is 46.4. The molecule has 0 atom stereocenters. The Labute approximate surface area is 826 Å². The summed E-state index contributed by atoms with van der Waals surface area (Å²) in [5, 5.41) is 12.8. The van der Waals surface area contributed by atoms with Gasteiger partial charge >= 0.3 is 68.2 Å². The molecule has 0 bridgehead atoms. The van der Waals surface area contributed by atoms with E-state index in [4.69, 9.17) is 109 Å². The van der Waals surface area contributed by atoms with Crippen molar-refractivity contribution in [2.75, 3.05) is 246 Å². The molecule has 136 heavy (non-hydrogen) atoms. The number of hydrogen-bond acceptors (Lipinski definition) is 29. The number of aliphatic carboxylic acids is 1. The summed E-state index contributed by atoms with van der Waals surface area (Å²) in [6.45, 7) is 0.954. The number of methoxy groups -OCH3 is 20. The van der Waals surface area contributed by atoms with Gasteiger partial charge in [-0.05, 0) is 12.8 Å². The Bertz CT molecular complexity index is 5450. The van der Waals surface area contributed by atoms with Crippen molar-refractivity contribution >= 4 is 118 Å². The molecule has 37 heteroatoms. The summed E-state index contributed by atoms with van der Waals surface area (Å²) in [5.41, 5.74) is 12.2. The molecule has 738 valence electrons. The number of hydrogen-bond donors (Lipinski definition) is 2. The minimum absolute atomic E-state index is 0.00356. The van der Waals surface area contributed by atoms with E-state index in [-0.39, 0.29) is 25.7 Å². The van der Waals surface area contributed by atoms with Gasteiger partial charge in [-0.1, -0.05) is 0 Å². The van der Waals surface area contributed by atoms with Crippen molar-refractivity contribution in [2.45, 2.75) is 38.5 Å². The zero-order chi connectivity index (χ0) is 101. The summed E-state index contributed by atoms with van der Waals surface area (Å²) >= 11 is 5.30. The van der Waals surface area contributed by atoms with Gasteiger partial charge in [-0.15, -0.1) is 5.06 Å². The van der Waals surface area contributed by atoms with Crippen molar-refractivity contribution in [1.29, 1.82) is 0 Å². The standard InChI is InChI=1S/C37H46N4O10.C34H45N3O8.C28H33O9.I3/c1-38-22-16-25(45-5)34(26(17-22)46-6)37(35-27(47-7)18-23(39(2)3)19-28(35)48-8)36-29(49-9)20-24(21-30(36)50-10)40(4)15-11-12-33(44)51-41-31(42)13-14-32(41)43;1-35(2)21-15-24(40-6)31(25(16-21)41-7)34(32-26(42-8)17-22(36(3)4)18-27(32)43-9)33-28(44-10)19-23(20-29(33)45-11)37(5)14-12-13-30(38)39;1-29-16-10-19(32-4)25(20(11-16)33-5)28(26-21(34-6)12-17(30-2)13-22(26)35-7)27-23(36-8)14-18(31-3)15-24(27)37-9;1-3-2/h16-21H,11-15H2,1-10H3;15-20H,12-14H2,1-11H3;10-15H,1-9H3;/q;;+1;-1/p+2. The van der Waals surface area contributed by atoms with Gasteiger partial charge in [-0.25, -0.2) is 13.9 Å². The Morgan fingerprint density at radius 3 is 0.934 bits per heavy atom. The number of halogens is 3. The third-order valence-electron chi connectivity index (χ3n) is 22.0. The Kier molecular flexibility index (Phi) is 43.1. The van der Waals surface area contributed by atoms with E-state index in [0.29, 0.717) is 232 Å². The molecule has 0 spiro atoms. The molecule has 1 heterocycles. The van der Waals surface area contributed by atoms with Crippen molar-refractivity contribution in [3.8, 4) is 80.5 Å². The summed E-state index contributed by atoms with van der Waals surface area (Å²) in [6.07, 6.45) is 12.2. The van der Waals surface area contributed by atoms with Crippen LogP contribution >= 0.6 is 37.2 Å². The first-order chi connectivity index (χ1) is 65.3. The van der Waals surface area contributed by atoms with Crippen LogP contribution in [0.15, 0.2) is 161 Å². The number of carbonyl (C=O) groups is 4. The predicted molar refractivity (Wildman–Crippen MR) is 536 cm³/mol. The zero-order valence-electron chi connectivity index (χ0n) is 82.9. The van der Waals surface area contributed by atoms with E-state index in [2.05, 4.69) is 42.5 Å². The number of carboxylic acid groups (broad SMARTS) is 1. The van der Waals surface area contributed by atoms with Gasteiger partial charge in [-0.3, -0.25) is 18.8 Å². The van der Waals surface area contributed by atoms with E-state index in [0.717, 1.165) is 34.2 Å². The van der Waals surface area contributed by atoms with Crippen LogP contribution in [0.1, 0.15) is 71.9 Å². The number of hydroxylamine groups is 2. The van der Waals surface area contributed by atoms with Crippen LogP contribution in [0.2, 0.25) is 0 Å². The number of nitrogens with zero attached hydrogens (tertiary/aromatic N) is 6. The number of ether oxygens (including phenoxy) is 20. The number of nitrogens with one attached hydrogen (secondary N) is 1. The van der Waals surface area contributed by atoms with Crippen LogP contribution in [-0.2, 0) is 56.9 Å². The van der Waals surface area contributed by atoms with Gasteiger partial charge in [0.1, 0.15) is 149 Å². The molecule has 2 N–H and O–H groups in total. The number of anilines is 4. The van der Waals surface area contributed by atoms with Crippen LogP contribution in [0.4, 0.5) is 22.7 Å². The van der Waals surface area contributed by atoms with E-state index in [1.165, 1.54) is 0 Å². The number of amides is 2. The molecule has 1 saturated heterocycles. The molecule has 34 nitrogen and oxygen atoms in total. The van der Waals surface area contributed by atoms with E-state index >= 15 is 0 Å². The predicted octanol–water partition coefficient (Wildman–Crippen LogP) is 12.0. The molecular weight excluding hydrogens is 2100 g/mol. The van der Waals surface area contributed by atoms with Gasteiger partial charge in [0.2, 0.25) is 11.4 Å². The molecule has 0 radical (unpaired) electrons. The second-order valence-electron chi connectivity index (χ2n) is 30.2. The first-order valence-electron chi connectivity index (χ1n) is 42.2. The fourth-order valence-electron chi connectivity index (χ4n) is 15.1. The molecule has 6 aromatic carbocycles. The van der Waals surface area contributed by atoms with Gasteiger partial charge < -0.3 is 125 Å². The maximum absolute atomic E-state index is 12.4. The molecule has 0 saturated carbocycles. The number of carboxylic acids is 1. The molecule has 4 aliphatic rings. The molecule has 1 fully saturated rings. The molecule has 2 amide bonds. The fraction of sp³-hybridized carbons (Fsp3) is 0.384. The molecular formula is C99H126I3N7O27+2. The number of ketones is 1. The minimum atomic E-state index is -0.834. The van der Waals surface area contributed by atoms with E-state index in [1.54, 1.807) is 186 Å². The number of carbonyl (C=O) groups excluding carboxylic acids is 4. The van der Waals surface area contributed by atoms with E-state index in [9.17, 15) is 19.2 Å². The third kappa shape index (κ3) is 26.0. The van der Waals surface area contributed by atoms with Crippen molar-refractivity contribution in [1.82, 2.24) is 5.06 Å². The van der Waals surface area contributed by atoms with Crippen LogP contribution in [0.5, 0.6) is 80.5 Å².